The Kier molecular flexibility index (Phi) is 4.33. The molecule has 0 saturated carbocycles. The number of hydrogen-bond donors (Lipinski definition) is 1. The van der Waals surface area contributed by atoms with Crippen LogP contribution in [0.5, 0.6) is 5.88 Å². The Hall–Kier alpha value is -2.09. The lowest BCUT2D eigenvalue weighted by Gasteiger charge is -2.11. The average molecular weight is 337 g/mol. The van der Waals surface area contributed by atoms with Gasteiger partial charge in [0, 0.05) is 6.07 Å². The van der Waals surface area contributed by atoms with Crippen molar-refractivity contribution in [1.82, 2.24) is 4.98 Å². The van der Waals surface area contributed by atoms with Crippen LogP contribution in [0.3, 0.4) is 0 Å². The summed E-state index contributed by atoms with van der Waals surface area (Å²) >= 11 is 0. The number of alkyl halides is 5. The molecule has 0 unspecified atom stereocenters. The van der Waals surface area contributed by atoms with Gasteiger partial charge in [-0.2, -0.15) is 0 Å². The van der Waals surface area contributed by atoms with Crippen LogP contribution in [0, 0.1) is 10.1 Å². The molecule has 0 amide bonds. The Labute approximate surface area is 112 Å². The van der Waals surface area contributed by atoms with Gasteiger partial charge in [-0.25, -0.2) is 27.3 Å². The van der Waals surface area contributed by atoms with Crippen LogP contribution in [0.4, 0.5) is 27.6 Å². The fourth-order valence-corrected chi connectivity index (χ4v) is 1.88. The van der Waals surface area contributed by atoms with Crippen molar-refractivity contribution in [2.24, 2.45) is 5.14 Å². The highest BCUT2D eigenvalue weighted by Crippen LogP contribution is 2.35. The number of nitrogens with zero attached hydrogens (tertiary/aromatic N) is 2. The van der Waals surface area contributed by atoms with Gasteiger partial charge >= 0.3 is 17.9 Å². The molecular formula is C7H4F5N3O5S. The molecule has 1 rings (SSSR count). The summed E-state index contributed by atoms with van der Waals surface area (Å²) in [7, 11) is -4.88. The van der Waals surface area contributed by atoms with E-state index >= 15 is 0 Å². The number of pyridine rings is 1. The number of nitrogens with two attached hydrogens (primary N) is 1. The number of nitro groups is 1. The lowest BCUT2D eigenvalue weighted by molar-refractivity contribution is -0.389. The first-order chi connectivity index (χ1) is 9.33. The minimum absolute atomic E-state index is 0.0785. The molecule has 118 valence electrons. The fourth-order valence-electron chi connectivity index (χ4n) is 1.18. The topological polar surface area (TPSA) is 125 Å². The average Bonchev–Trinajstić information content (AvgIpc) is 2.23. The van der Waals surface area contributed by atoms with Crippen molar-refractivity contribution in [1.29, 1.82) is 0 Å². The number of halogens is 5. The maximum atomic E-state index is 12.6. The number of primary sulfonamides is 1. The van der Waals surface area contributed by atoms with Crippen molar-refractivity contribution >= 4 is 15.7 Å². The molecule has 21 heavy (non-hydrogen) atoms. The van der Waals surface area contributed by atoms with E-state index in [0.717, 1.165) is 0 Å². The summed E-state index contributed by atoms with van der Waals surface area (Å²) in [4.78, 5) is 10.2. The third-order valence-corrected chi connectivity index (χ3v) is 2.82. The molecule has 0 saturated heterocycles. The van der Waals surface area contributed by atoms with E-state index in [1.54, 1.807) is 0 Å². The van der Waals surface area contributed by atoms with Gasteiger partial charge in [0.05, 0.1) is 4.92 Å². The Morgan fingerprint density at radius 2 is 1.90 bits per heavy atom. The predicted octanol–water partition coefficient (Wildman–Crippen LogP) is 1.47. The van der Waals surface area contributed by atoms with Crippen molar-refractivity contribution in [2.75, 3.05) is 0 Å². The Morgan fingerprint density at radius 1 is 1.38 bits per heavy atom. The number of aromatic nitrogens is 1. The smallest absolute Gasteiger partial charge is 0.381 e. The van der Waals surface area contributed by atoms with Crippen LogP contribution in [0.2, 0.25) is 0 Å². The zero-order valence-corrected chi connectivity index (χ0v) is 10.3. The molecular weight excluding hydrogens is 333 g/mol. The van der Waals surface area contributed by atoms with Crippen molar-refractivity contribution in [3.8, 4) is 5.88 Å². The number of sulfonamides is 1. The summed E-state index contributed by atoms with van der Waals surface area (Å²) < 4.78 is 86.6. The van der Waals surface area contributed by atoms with Gasteiger partial charge in [-0.15, -0.1) is 13.2 Å². The highest BCUT2D eigenvalue weighted by atomic mass is 32.2. The molecule has 0 bridgehead atoms. The Balaban J connectivity index is 3.67. The van der Waals surface area contributed by atoms with Gasteiger partial charge in [0.15, 0.2) is 0 Å². The molecule has 0 aromatic carbocycles. The Bertz CT molecular complexity index is 674. The number of rotatable bonds is 4. The fraction of sp³-hybridized carbons (Fsp3) is 0.286. The van der Waals surface area contributed by atoms with E-state index in [4.69, 9.17) is 0 Å². The van der Waals surface area contributed by atoms with E-state index in [-0.39, 0.29) is 6.07 Å². The van der Waals surface area contributed by atoms with Gasteiger partial charge in [0.25, 0.3) is 6.43 Å². The van der Waals surface area contributed by atoms with E-state index < -0.39 is 49.9 Å². The van der Waals surface area contributed by atoms with Crippen molar-refractivity contribution < 1.29 is 40.0 Å². The van der Waals surface area contributed by atoms with Crippen LogP contribution in [0.25, 0.3) is 0 Å². The van der Waals surface area contributed by atoms with Crippen LogP contribution in [-0.2, 0) is 10.0 Å². The lowest BCUT2D eigenvalue weighted by atomic mass is 10.3. The van der Waals surface area contributed by atoms with Crippen LogP contribution in [-0.4, -0.2) is 24.7 Å². The third kappa shape index (κ3) is 4.19. The maximum Gasteiger partial charge on any atom is 0.574 e. The molecule has 0 fully saturated rings. The van der Waals surface area contributed by atoms with E-state index in [1.165, 1.54) is 0 Å². The lowest BCUT2D eigenvalue weighted by Crippen LogP contribution is -2.21. The first-order valence-electron chi connectivity index (χ1n) is 4.59. The SMILES string of the molecule is NS(=O)(=O)c1cc([N+](=O)[O-])c(OC(F)(F)F)nc1C(F)F. The van der Waals surface area contributed by atoms with Gasteiger partial charge in [0.1, 0.15) is 10.6 Å². The van der Waals surface area contributed by atoms with Gasteiger partial charge < -0.3 is 4.74 Å². The molecule has 0 aliphatic carbocycles. The largest absolute Gasteiger partial charge is 0.574 e. The van der Waals surface area contributed by atoms with Gasteiger partial charge in [-0.05, 0) is 0 Å². The maximum absolute atomic E-state index is 12.6. The first kappa shape index (κ1) is 17.0. The summed E-state index contributed by atoms with van der Waals surface area (Å²) in [6, 6.07) is -0.0785. The normalized spacial score (nSPS) is 12.5. The molecule has 8 nitrogen and oxygen atoms in total. The summed E-state index contributed by atoms with van der Waals surface area (Å²) in [5.41, 5.74) is -3.27. The molecule has 2 N–H and O–H groups in total. The monoisotopic (exact) mass is 337 g/mol. The summed E-state index contributed by atoms with van der Waals surface area (Å²) in [6.45, 7) is 0. The molecule has 0 spiro atoms. The van der Waals surface area contributed by atoms with E-state index in [2.05, 4.69) is 14.9 Å². The quantitative estimate of drug-likeness (QED) is 0.504. The minimum Gasteiger partial charge on any atom is -0.381 e. The molecule has 1 aromatic heterocycles. The van der Waals surface area contributed by atoms with Crippen LogP contribution >= 0.6 is 0 Å². The second kappa shape index (κ2) is 5.36. The highest BCUT2D eigenvalue weighted by molar-refractivity contribution is 7.89. The standard InChI is InChI=1S/C7H4F5N3O5S/c8-5(9)4-3(21(13,18)19)1-2(15(16)17)6(14-4)20-7(10,11)12/h1,5H,(H2,13,18,19). The summed E-state index contributed by atoms with van der Waals surface area (Å²) in [5, 5.41) is 15.1. The van der Waals surface area contributed by atoms with Crippen LogP contribution < -0.4 is 9.88 Å². The molecule has 0 aliphatic heterocycles. The van der Waals surface area contributed by atoms with E-state index in [9.17, 15) is 40.5 Å². The first-order valence-corrected chi connectivity index (χ1v) is 6.13. The van der Waals surface area contributed by atoms with Crippen LogP contribution in [0.15, 0.2) is 11.0 Å². The zero-order valence-electron chi connectivity index (χ0n) is 9.47. The van der Waals surface area contributed by atoms with Gasteiger partial charge in [0.2, 0.25) is 10.0 Å². The predicted molar refractivity (Wildman–Crippen MR) is 53.9 cm³/mol. The third-order valence-electron chi connectivity index (χ3n) is 1.88. The summed E-state index contributed by atoms with van der Waals surface area (Å²) in [6.07, 6.45) is -9.12. The highest BCUT2D eigenvalue weighted by Gasteiger charge is 2.38. The van der Waals surface area contributed by atoms with E-state index in [0.29, 0.717) is 0 Å². The second-order valence-electron chi connectivity index (χ2n) is 3.35. The number of hydrogen-bond acceptors (Lipinski definition) is 6. The molecule has 1 aromatic rings. The van der Waals surface area contributed by atoms with Gasteiger partial charge in [-0.1, -0.05) is 0 Å². The van der Waals surface area contributed by atoms with E-state index in [1.807, 2.05) is 0 Å². The van der Waals surface area contributed by atoms with Crippen molar-refractivity contribution in [3.63, 3.8) is 0 Å². The molecule has 14 heteroatoms. The molecule has 0 aliphatic rings. The minimum atomic E-state index is -5.46. The second-order valence-corrected chi connectivity index (χ2v) is 4.88. The molecule has 1 heterocycles. The molecule has 0 radical (unpaired) electrons. The van der Waals surface area contributed by atoms with Crippen molar-refractivity contribution in [2.45, 2.75) is 17.7 Å². The van der Waals surface area contributed by atoms with Gasteiger partial charge in [-0.3, -0.25) is 10.1 Å². The molecule has 0 atom stereocenters. The Morgan fingerprint density at radius 3 is 2.24 bits per heavy atom. The zero-order chi connectivity index (χ0) is 16.6. The van der Waals surface area contributed by atoms with Crippen molar-refractivity contribution in [3.05, 3.63) is 21.9 Å². The summed E-state index contributed by atoms with van der Waals surface area (Å²) in [5.74, 6) is -1.82. The number of ether oxygens (including phenoxy) is 1. The van der Waals surface area contributed by atoms with Crippen LogP contribution in [0.1, 0.15) is 12.1 Å².